The highest BCUT2D eigenvalue weighted by Gasteiger charge is 1.97. The lowest BCUT2D eigenvalue weighted by Gasteiger charge is -1.99. The Morgan fingerprint density at radius 1 is 1.30 bits per heavy atom. The molecule has 0 fully saturated rings. The first-order chi connectivity index (χ1) is 4.74. The first kappa shape index (κ1) is 7.54. The highest BCUT2D eigenvalue weighted by molar-refractivity contribution is 7.98. The standard InChI is InChI=1S/C7H10N2S/c1-5-4-7(10-3)6(2)9-8-5/h4H,1-3H3. The largest absolute Gasteiger partial charge is 0.156 e. The van der Waals surface area contributed by atoms with Crippen LogP contribution in [-0.2, 0) is 0 Å². The van der Waals surface area contributed by atoms with Crippen LogP contribution in [0.1, 0.15) is 11.4 Å². The van der Waals surface area contributed by atoms with Crippen molar-refractivity contribution in [2.75, 3.05) is 6.26 Å². The van der Waals surface area contributed by atoms with Crippen molar-refractivity contribution in [2.24, 2.45) is 0 Å². The molecule has 1 rings (SSSR count). The Hall–Kier alpha value is -0.570. The van der Waals surface area contributed by atoms with E-state index >= 15 is 0 Å². The smallest absolute Gasteiger partial charge is 0.0735 e. The summed E-state index contributed by atoms with van der Waals surface area (Å²) >= 11 is 1.71. The SMILES string of the molecule is CSc1cc(C)nnc1C. The minimum atomic E-state index is 0.981. The summed E-state index contributed by atoms with van der Waals surface area (Å²) in [6.07, 6.45) is 2.05. The Morgan fingerprint density at radius 2 is 2.00 bits per heavy atom. The number of aryl methyl sites for hydroxylation is 2. The molecule has 0 spiro atoms. The van der Waals surface area contributed by atoms with Gasteiger partial charge in [-0.1, -0.05) is 0 Å². The number of rotatable bonds is 1. The third kappa shape index (κ3) is 1.48. The third-order valence-corrected chi connectivity index (χ3v) is 2.13. The van der Waals surface area contributed by atoms with Crippen molar-refractivity contribution in [3.05, 3.63) is 17.5 Å². The first-order valence-corrected chi connectivity index (χ1v) is 4.31. The van der Waals surface area contributed by atoms with Gasteiger partial charge in [-0.2, -0.15) is 10.2 Å². The molecule has 0 atom stereocenters. The fourth-order valence-electron chi connectivity index (χ4n) is 0.733. The number of thioether (sulfide) groups is 1. The Morgan fingerprint density at radius 3 is 2.50 bits per heavy atom. The lowest BCUT2D eigenvalue weighted by Crippen LogP contribution is -1.91. The molecular weight excluding hydrogens is 144 g/mol. The van der Waals surface area contributed by atoms with Gasteiger partial charge in [-0.05, 0) is 26.2 Å². The summed E-state index contributed by atoms with van der Waals surface area (Å²) in [6.45, 7) is 3.92. The predicted octanol–water partition coefficient (Wildman–Crippen LogP) is 1.82. The van der Waals surface area contributed by atoms with E-state index in [2.05, 4.69) is 10.2 Å². The van der Waals surface area contributed by atoms with Crippen LogP contribution in [0.15, 0.2) is 11.0 Å². The fourth-order valence-corrected chi connectivity index (χ4v) is 1.36. The molecular formula is C7H10N2S. The van der Waals surface area contributed by atoms with Gasteiger partial charge in [-0.25, -0.2) is 0 Å². The van der Waals surface area contributed by atoms with E-state index in [1.165, 1.54) is 4.90 Å². The molecule has 3 heteroatoms. The average molecular weight is 154 g/mol. The van der Waals surface area contributed by atoms with Crippen LogP contribution in [0.5, 0.6) is 0 Å². The van der Waals surface area contributed by atoms with Crippen LogP contribution in [-0.4, -0.2) is 16.5 Å². The molecule has 54 valence electrons. The molecule has 0 radical (unpaired) electrons. The summed E-state index contributed by atoms with van der Waals surface area (Å²) in [6, 6.07) is 2.05. The molecule has 0 amide bonds. The molecule has 10 heavy (non-hydrogen) atoms. The lowest BCUT2D eigenvalue weighted by molar-refractivity contribution is 0.904. The van der Waals surface area contributed by atoms with E-state index in [1.807, 2.05) is 26.2 Å². The van der Waals surface area contributed by atoms with Gasteiger partial charge in [0.1, 0.15) is 0 Å². The van der Waals surface area contributed by atoms with Crippen LogP contribution in [0, 0.1) is 13.8 Å². The lowest BCUT2D eigenvalue weighted by atomic mass is 10.4. The zero-order valence-electron chi connectivity index (χ0n) is 6.38. The molecule has 0 aliphatic carbocycles. The predicted molar refractivity (Wildman–Crippen MR) is 43.3 cm³/mol. The minimum absolute atomic E-state index is 0.981. The molecule has 0 aliphatic heterocycles. The molecule has 1 aromatic heterocycles. The number of hydrogen-bond donors (Lipinski definition) is 0. The molecule has 0 aromatic carbocycles. The topological polar surface area (TPSA) is 25.8 Å². The number of aromatic nitrogens is 2. The van der Waals surface area contributed by atoms with E-state index in [4.69, 9.17) is 0 Å². The van der Waals surface area contributed by atoms with Crippen LogP contribution in [0.3, 0.4) is 0 Å². The Balaban J connectivity index is 3.09. The molecule has 0 N–H and O–H groups in total. The number of hydrogen-bond acceptors (Lipinski definition) is 3. The first-order valence-electron chi connectivity index (χ1n) is 3.09. The monoisotopic (exact) mass is 154 g/mol. The maximum absolute atomic E-state index is 3.98. The average Bonchev–Trinajstić information content (AvgIpc) is 1.94. The van der Waals surface area contributed by atoms with Crippen molar-refractivity contribution in [3.8, 4) is 0 Å². The van der Waals surface area contributed by atoms with Gasteiger partial charge in [0.05, 0.1) is 11.4 Å². The molecule has 1 aromatic rings. The highest BCUT2D eigenvalue weighted by atomic mass is 32.2. The van der Waals surface area contributed by atoms with E-state index in [1.54, 1.807) is 11.8 Å². The van der Waals surface area contributed by atoms with Gasteiger partial charge in [-0.15, -0.1) is 11.8 Å². The minimum Gasteiger partial charge on any atom is -0.156 e. The molecule has 0 saturated carbocycles. The third-order valence-electron chi connectivity index (χ3n) is 1.27. The van der Waals surface area contributed by atoms with E-state index in [9.17, 15) is 0 Å². The summed E-state index contributed by atoms with van der Waals surface area (Å²) in [4.78, 5) is 1.22. The van der Waals surface area contributed by atoms with Crippen LogP contribution in [0.4, 0.5) is 0 Å². The second-order valence-corrected chi connectivity index (χ2v) is 2.99. The second kappa shape index (κ2) is 3.01. The zero-order valence-corrected chi connectivity index (χ0v) is 7.20. The van der Waals surface area contributed by atoms with Gasteiger partial charge in [-0.3, -0.25) is 0 Å². The van der Waals surface area contributed by atoms with Crippen molar-refractivity contribution in [3.63, 3.8) is 0 Å². The molecule has 0 unspecified atom stereocenters. The molecule has 0 bridgehead atoms. The van der Waals surface area contributed by atoms with E-state index in [0.29, 0.717) is 0 Å². The normalized spacial score (nSPS) is 9.90. The van der Waals surface area contributed by atoms with Crippen molar-refractivity contribution in [1.29, 1.82) is 0 Å². The Kier molecular flexibility index (Phi) is 2.27. The quantitative estimate of drug-likeness (QED) is 0.577. The Bertz CT molecular complexity index is 235. The van der Waals surface area contributed by atoms with Gasteiger partial charge >= 0.3 is 0 Å². The van der Waals surface area contributed by atoms with Gasteiger partial charge < -0.3 is 0 Å². The maximum Gasteiger partial charge on any atom is 0.0735 e. The summed E-state index contributed by atoms with van der Waals surface area (Å²) in [5, 5.41) is 7.90. The summed E-state index contributed by atoms with van der Waals surface area (Å²) in [5.74, 6) is 0. The summed E-state index contributed by atoms with van der Waals surface area (Å²) in [5.41, 5.74) is 1.99. The van der Waals surface area contributed by atoms with Crippen molar-refractivity contribution < 1.29 is 0 Å². The van der Waals surface area contributed by atoms with Crippen LogP contribution >= 0.6 is 11.8 Å². The van der Waals surface area contributed by atoms with Crippen molar-refractivity contribution in [1.82, 2.24) is 10.2 Å². The van der Waals surface area contributed by atoms with Crippen molar-refractivity contribution >= 4 is 11.8 Å². The molecule has 1 heterocycles. The molecule has 0 saturated heterocycles. The van der Waals surface area contributed by atoms with Crippen molar-refractivity contribution in [2.45, 2.75) is 18.7 Å². The Labute approximate surface area is 65.1 Å². The number of nitrogens with zero attached hydrogens (tertiary/aromatic N) is 2. The van der Waals surface area contributed by atoms with E-state index in [0.717, 1.165) is 11.4 Å². The summed E-state index contributed by atoms with van der Waals surface area (Å²) < 4.78 is 0. The van der Waals surface area contributed by atoms with Crippen LogP contribution in [0.2, 0.25) is 0 Å². The van der Waals surface area contributed by atoms with Gasteiger partial charge in [0, 0.05) is 4.90 Å². The second-order valence-electron chi connectivity index (χ2n) is 2.14. The highest BCUT2D eigenvalue weighted by Crippen LogP contribution is 2.16. The van der Waals surface area contributed by atoms with E-state index < -0.39 is 0 Å². The van der Waals surface area contributed by atoms with Gasteiger partial charge in [0.15, 0.2) is 0 Å². The maximum atomic E-state index is 3.98. The zero-order chi connectivity index (χ0) is 7.56. The van der Waals surface area contributed by atoms with Crippen LogP contribution in [0.25, 0.3) is 0 Å². The van der Waals surface area contributed by atoms with Crippen LogP contribution < -0.4 is 0 Å². The molecule has 0 aliphatic rings. The van der Waals surface area contributed by atoms with Gasteiger partial charge in [0.2, 0.25) is 0 Å². The fraction of sp³-hybridized carbons (Fsp3) is 0.429. The molecule has 2 nitrogen and oxygen atoms in total. The van der Waals surface area contributed by atoms with Gasteiger partial charge in [0.25, 0.3) is 0 Å². The van der Waals surface area contributed by atoms with E-state index in [-0.39, 0.29) is 0 Å². The summed E-state index contributed by atoms with van der Waals surface area (Å²) in [7, 11) is 0.